The standard InChI is InChI=1S/C16H16N4OS/c1-11-8-17-15(18-9-11)21-12-6-7-20(10-12)16-19-13-4-2-3-5-14(13)22-16/h2-5,8-9,12H,6-7,10H2,1H3. The Balaban J connectivity index is 1.46. The van der Waals surface area contributed by atoms with Crippen LogP contribution in [0.2, 0.25) is 0 Å². The summed E-state index contributed by atoms with van der Waals surface area (Å²) in [4.78, 5) is 15.4. The summed E-state index contributed by atoms with van der Waals surface area (Å²) in [5.41, 5.74) is 2.10. The Labute approximate surface area is 132 Å². The smallest absolute Gasteiger partial charge is 0.316 e. The third-order valence-corrected chi connectivity index (χ3v) is 4.82. The average molecular weight is 312 g/mol. The van der Waals surface area contributed by atoms with E-state index in [0.29, 0.717) is 6.01 Å². The number of anilines is 1. The van der Waals surface area contributed by atoms with Crippen molar-refractivity contribution in [2.45, 2.75) is 19.4 Å². The summed E-state index contributed by atoms with van der Waals surface area (Å²) in [5, 5.41) is 1.07. The van der Waals surface area contributed by atoms with Gasteiger partial charge in [-0.05, 0) is 24.6 Å². The van der Waals surface area contributed by atoms with Crippen molar-refractivity contribution in [1.82, 2.24) is 15.0 Å². The number of ether oxygens (including phenoxy) is 1. The molecule has 1 aliphatic heterocycles. The van der Waals surface area contributed by atoms with E-state index in [9.17, 15) is 0 Å². The van der Waals surface area contributed by atoms with Crippen molar-refractivity contribution in [1.29, 1.82) is 0 Å². The van der Waals surface area contributed by atoms with Crippen molar-refractivity contribution in [3.05, 3.63) is 42.2 Å². The molecule has 5 nitrogen and oxygen atoms in total. The Morgan fingerprint density at radius 2 is 2.05 bits per heavy atom. The molecule has 0 bridgehead atoms. The minimum atomic E-state index is 0.120. The minimum Gasteiger partial charge on any atom is -0.458 e. The molecule has 4 rings (SSSR count). The Bertz CT molecular complexity index is 753. The monoisotopic (exact) mass is 312 g/mol. The van der Waals surface area contributed by atoms with Crippen LogP contribution in [0.3, 0.4) is 0 Å². The number of hydrogen-bond acceptors (Lipinski definition) is 6. The van der Waals surface area contributed by atoms with Crippen LogP contribution in [0.15, 0.2) is 36.7 Å². The molecule has 3 heterocycles. The van der Waals surface area contributed by atoms with E-state index in [4.69, 9.17) is 9.72 Å². The Hall–Kier alpha value is -2.21. The van der Waals surface area contributed by atoms with Crippen LogP contribution in [0, 0.1) is 6.92 Å². The third-order valence-electron chi connectivity index (χ3n) is 3.73. The van der Waals surface area contributed by atoms with Gasteiger partial charge < -0.3 is 9.64 Å². The number of para-hydroxylation sites is 1. The molecule has 0 radical (unpaired) electrons. The zero-order chi connectivity index (χ0) is 14.9. The van der Waals surface area contributed by atoms with Crippen LogP contribution >= 0.6 is 11.3 Å². The highest BCUT2D eigenvalue weighted by Crippen LogP contribution is 2.31. The fraction of sp³-hybridized carbons (Fsp3) is 0.312. The van der Waals surface area contributed by atoms with E-state index in [0.717, 1.165) is 35.7 Å². The van der Waals surface area contributed by atoms with Gasteiger partial charge in [-0.3, -0.25) is 0 Å². The number of aromatic nitrogens is 3. The molecule has 0 spiro atoms. The van der Waals surface area contributed by atoms with Crippen LogP contribution in [0.25, 0.3) is 10.2 Å². The summed E-state index contributed by atoms with van der Waals surface area (Å²) >= 11 is 1.73. The Kier molecular flexibility index (Phi) is 3.38. The van der Waals surface area contributed by atoms with Crippen LogP contribution < -0.4 is 9.64 Å². The van der Waals surface area contributed by atoms with E-state index in [2.05, 4.69) is 33.1 Å². The zero-order valence-electron chi connectivity index (χ0n) is 12.3. The number of nitrogens with zero attached hydrogens (tertiary/aromatic N) is 4. The summed E-state index contributed by atoms with van der Waals surface area (Å²) in [7, 11) is 0. The van der Waals surface area contributed by atoms with E-state index in [1.165, 1.54) is 4.70 Å². The molecule has 0 saturated carbocycles. The molecule has 6 heteroatoms. The second-order valence-corrected chi connectivity index (χ2v) is 6.49. The summed E-state index contributed by atoms with van der Waals surface area (Å²) in [6.07, 6.45) is 4.65. The van der Waals surface area contributed by atoms with Gasteiger partial charge in [0.05, 0.1) is 16.8 Å². The summed E-state index contributed by atoms with van der Waals surface area (Å²) < 4.78 is 7.09. The fourth-order valence-corrected chi connectivity index (χ4v) is 3.58. The molecular weight excluding hydrogens is 296 g/mol. The summed E-state index contributed by atoms with van der Waals surface area (Å²) in [6, 6.07) is 8.70. The maximum atomic E-state index is 5.87. The number of fused-ring (bicyclic) bond motifs is 1. The van der Waals surface area contributed by atoms with Gasteiger partial charge in [-0.1, -0.05) is 23.5 Å². The lowest BCUT2D eigenvalue weighted by Crippen LogP contribution is -2.24. The lowest BCUT2D eigenvalue weighted by atomic mass is 10.3. The quantitative estimate of drug-likeness (QED) is 0.744. The SMILES string of the molecule is Cc1cnc(OC2CCN(c3nc4ccccc4s3)C2)nc1. The number of thiazole rings is 1. The Morgan fingerprint density at radius 3 is 2.86 bits per heavy atom. The van der Waals surface area contributed by atoms with Crippen molar-refractivity contribution in [2.75, 3.05) is 18.0 Å². The second-order valence-electron chi connectivity index (χ2n) is 5.48. The first kappa shape index (κ1) is 13.5. The van der Waals surface area contributed by atoms with Crippen molar-refractivity contribution in [3.63, 3.8) is 0 Å². The molecule has 1 saturated heterocycles. The summed E-state index contributed by atoms with van der Waals surface area (Å²) in [6.45, 7) is 3.75. The van der Waals surface area contributed by atoms with Crippen molar-refractivity contribution in [2.24, 2.45) is 0 Å². The van der Waals surface area contributed by atoms with Gasteiger partial charge >= 0.3 is 6.01 Å². The zero-order valence-corrected chi connectivity index (χ0v) is 13.1. The van der Waals surface area contributed by atoms with Gasteiger partial charge in [-0.15, -0.1) is 0 Å². The van der Waals surface area contributed by atoms with Gasteiger partial charge in [-0.2, -0.15) is 0 Å². The van der Waals surface area contributed by atoms with Gasteiger partial charge in [-0.25, -0.2) is 15.0 Å². The molecule has 0 aliphatic carbocycles. The molecule has 112 valence electrons. The fourth-order valence-electron chi connectivity index (χ4n) is 2.58. The van der Waals surface area contributed by atoms with Gasteiger partial charge in [0.25, 0.3) is 0 Å². The lowest BCUT2D eigenvalue weighted by molar-refractivity contribution is 0.206. The van der Waals surface area contributed by atoms with Crippen molar-refractivity contribution >= 4 is 26.7 Å². The van der Waals surface area contributed by atoms with Gasteiger partial charge in [0, 0.05) is 25.4 Å². The topological polar surface area (TPSA) is 51.1 Å². The normalized spacial score (nSPS) is 18.0. The van der Waals surface area contributed by atoms with E-state index >= 15 is 0 Å². The average Bonchev–Trinajstić information content (AvgIpc) is 3.15. The van der Waals surface area contributed by atoms with Crippen molar-refractivity contribution in [3.8, 4) is 6.01 Å². The number of benzene rings is 1. The molecule has 2 aromatic heterocycles. The summed E-state index contributed by atoms with van der Waals surface area (Å²) in [5.74, 6) is 0. The van der Waals surface area contributed by atoms with Gasteiger partial charge in [0.2, 0.25) is 0 Å². The number of rotatable bonds is 3. The van der Waals surface area contributed by atoms with Crippen molar-refractivity contribution < 1.29 is 4.74 Å². The highest BCUT2D eigenvalue weighted by atomic mass is 32.1. The maximum Gasteiger partial charge on any atom is 0.316 e. The minimum absolute atomic E-state index is 0.120. The predicted molar refractivity (Wildman–Crippen MR) is 87.6 cm³/mol. The van der Waals surface area contributed by atoms with E-state index < -0.39 is 0 Å². The third kappa shape index (κ3) is 2.62. The molecule has 1 atom stereocenters. The second kappa shape index (κ2) is 5.53. The number of hydrogen-bond donors (Lipinski definition) is 0. The largest absolute Gasteiger partial charge is 0.458 e. The molecule has 1 aromatic carbocycles. The highest BCUT2D eigenvalue weighted by Gasteiger charge is 2.26. The first-order valence-electron chi connectivity index (χ1n) is 7.34. The van der Waals surface area contributed by atoms with Gasteiger partial charge in [0.15, 0.2) is 5.13 Å². The van der Waals surface area contributed by atoms with E-state index in [-0.39, 0.29) is 6.10 Å². The first-order valence-corrected chi connectivity index (χ1v) is 8.15. The molecule has 1 aliphatic rings. The predicted octanol–water partition coefficient (Wildman–Crippen LogP) is 3.05. The van der Waals surface area contributed by atoms with E-state index in [1.807, 2.05) is 13.0 Å². The lowest BCUT2D eigenvalue weighted by Gasteiger charge is -2.15. The maximum absolute atomic E-state index is 5.87. The van der Waals surface area contributed by atoms with E-state index in [1.54, 1.807) is 23.7 Å². The molecule has 0 N–H and O–H groups in total. The first-order chi connectivity index (χ1) is 10.8. The highest BCUT2D eigenvalue weighted by molar-refractivity contribution is 7.22. The molecule has 1 unspecified atom stereocenters. The molecule has 22 heavy (non-hydrogen) atoms. The van der Waals surface area contributed by atoms with Crippen LogP contribution in [0.5, 0.6) is 6.01 Å². The molecular formula is C16H16N4OS. The Morgan fingerprint density at radius 1 is 1.23 bits per heavy atom. The molecule has 3 aromatic rings. The number of aryl methyl sites for hydroxylation is 1. The van der Waals surface area contributed by atoms with Crippen LogP contribution in [0.4, 0.5) is 5.13 Å². The van der Waals surface area contributed by atoms with Crippen LogP contribution in [-0.4, -0.2) is 34.1 Å². The van der Waals surface area contributed by atoms with Gasteiger partial charge in [0.1, 0.15) is 6.10 Å². The van der Waals surface area contributed by atoms with Crippen LogP contribution in [-0.2, 0) is 0 Å². The van der Waals surface area contributed by atoms with Crippen LogP contribution in [0.1, 0.15) is 12.0 Å². The molecule has 0 amide bonds. The molecule has 1 fully saturated rings.